The first-order valence-electron chi connectivity index (χ1n) is 5.11. The van der Waals surface area contributed by atoms with Crippen LogP contribution in [-0.4, -0.2) is 48.7 Å². The van der Waals surface area contributed by atoms with E-state index in [0.717, 1.165) is 11.3 Å². The van der Waals surface area contributed by atoms with Gasteiger partial charge in [-0.05, 0) is 13.3 Å². The molecule has 7 nitrogen and oxygen atoms in total. The summed E-state index contributed by atoms with van der Waals surface area (Å²) in [4.78, 5) is 0. The molecule has 96 valence electrons. The van der Waals surface area contributed by atoms with Gasteiger partial charge in [-0.3, -0.25) is 0 Å². The maximum absolute atomic E-state index is 12.2. The van der Waals surface area contributed by atoms with Crippen molar-refractivity contribution in [2.75, 3.05) is 19.4 Å². The van der Waals surface area contributed by atoms with Gasteiger partial charge < -0.3 is 10.5 Å². The summed E-state index contributed by atoms with van der Waals surface area (Å²) in [7, 11) is -2.09. The Morgan fingerprint density at radius 1 is 1.53 bits per heavy atom. The van der Waals surface area contributed by atoms with Crippen molar-refractivity contribution in [3.05, 3.63) is 0 Å². The summed E-state index contributed by atoms with van der Waals surface area (Å²) in [5.41, 5.74) is 5.39. The molecule has 1 aromatic heterocycles. The van der Waals surface area contributed by atoms with E-state index in [1.54, 1.807) is 0 Å². The number of sulfonamides is 1. The van der Waals surface area contributed by atoms with Crippen LogP contribution in [0.1, 0.15) is 13.3 Å². The number of hydrogen-bond acceptors (Lipinski definition) is 7. The van der Waals surface area contributed by atoms with E-state index in [0.29, 0.717) is 13.0 Å². The van der Waals surface area contributed by atoms with Gasteiger partial charge in [-0.25, -0.2) is 8.42 Å². The summed E-state index contributed by atoms with van der Waals surface area (Å²) < 4.78 is 31.0. The fraction of sp³-hybridized carbons (Fsp3) is 0.750. The SMILES string of the molecule is CC1OCCC1N(C)S(=O)(=O)c1nnc(N)s1. The van der Waals surface area contributed by atoms with Crippen LogP contribution in [0.2, 0.25) is 0 Å². The second-order valence-corrected chi connectivity index (χ2v) is 7.04. The summed E-state index contributed by atoms with van der Waals surface area (Å²) >= 11 is 0.868. The molecule has 2 heterocycles. The van der Waals surface area contributed by atoms with Crippen LogP contribution in [0.25, 0.3) is 0 Å². The van der Waals surface area contributed by atoms with E-state index in [-0.39, 0.29) is 21.6 Å². The van der Waals surface area contributed by atoms with Crippen LogP contribution in [0.5, 0.6) is 0 Å². The molecule has 2 atom stereocenters. The van der Waals surface area contributed by atoms with Gasteiger partial charge in [0, 0.05) is 13.7 Å². The number of nitrogens with two attached hydrogens (primary N) is 1. The highest BCUT2D eigenvalue weighted by molar-refractivity contribution is 7.91. The lowest BCUT2D eigenvalue weighted by Gasteiger charge is -2.24. The summed E-state index contributed by atoms with van der Waals surface area (Å²) in [6.07, 6.45) is 0.575. The highest BCUT2D eigenvalue weighted by Crippen LogP contribution is 2.26. The molecule has 2 rings (SSSR count). The topological polar surface area (TPSA) is 98.4 Å². The van der Waals surface area contributed by atoms with Crippen LogP contribution in [0.4, 0.5) is 5.13 Å². The molecule has 0 bridgehead atoms. The molecule has 0 radical (unpaired) electrons. The molecule has 2 N–H and O–H groups in total. The first-order chi connectivity index (χ1) is 7.93. The van der Waals surface area contributed by atoms with Crippen molar-refractivity contribution >= 4 is 26.5 Å². The number of ether oxygens (including phenoxy) is 1. The molecule has 0 spiro atoms. The Kier molecular flexibility index (Phi) is 3.34. The Morgan fingerprint density at radius 3 is 2.71 bits per heavy atom. The quantitative estimate of drug-likeness (QED) is 0.830. The maximum Gasteiger partial charge on any atom is 0.272 e. The second-order valence-electron chi connectivity index (χ2n) is 3.86. The van der Waals surface area contributed by atoms with Crippen LogP contribution in [0, 0.1) is 0 Å². The monoisotopic (exact) mass is 278 g/mol. The van der Waals surface area contributed by atoms with Crippen molar-refractivity contribution in [3.8, 4) is 0 Å². The van der Waals surface area contributed by atoms with Crippen LogP contribution in [0.3, 0.4) is 0 Å². The predicted octanol–water partition coefficient (Wildman–Crippen LogP) is -0.0818. The fourth-order valence-electron chi connectivity index (χ4n) is 1.82. The van der Waals surface area contributed by atoms with E-state index < -0.39 is 10.0 Å². The maximum atomic E-state index is 12.2. The average Bonchev–Trinajstić information content (AvgIpc) is 2.86. The number of nitrogens with zero attached hydrogens (tertiary/aromatic N) is 3. The van der Waals surface area contributed by atoms with Gasteiger partial charge in [-0.15, -0.1) is 10.2 Å². The molecule has 1 fully saturated rings. The highest BCUT2D eigenvalue weighted by atomic mass is 32.2. The molecule has 0 aliphatic carbocycles. The Hall–Kier alpha value is -0.770. The third kappa shape index (κ3) is 2.28. The van der Waals surface area contributed by atoms with E-state index in [1.165, 1.54) is 11.4 Å². The minimum Gasteiger partial charge on any atom is -0.377 e. The van der Waals surface area contributed by atoms with Crippen molar-refractivity contribution in [3.63, 3.8) is 0 Å². The van der Waals surface area contributed by atoms with Crippen LogP contribution in [0.15, 0.2) is 4.34 Å². The molecule has 17 heavy (non-hydrogen) atoms. The third-order valence-corrected chi connectivity index (χ3v) is 5.81. The van der Waals surface area contributed by atoms with Crippen LogP contribution >= 0.6 is 11.3 Å². The van der Waals surface area contributed by atoms with Gasteiger partial charge in [0.1, 0.15) is 0 Å². The number of anilines is 1. The van der Waals surface area contributed by atoms with E-state index >= 15 is 0 Å². The fourth-order valence-corrected chi connectivity index (χ4v) is 4.22. The Bertz CT molecular complexity index is 501. The summed E-state index contributed by atoms with van der Waals surface area (Å²) in [6.45, 7) is 2.43. The van der Waals surface area contributed by atoms with Gasteiger partial charge in [0.25, 0.3) is 10.0 Å². The average molecular weight is 278 g/mol. The lowest BCUT2D eigenvalue weighted by Crippen LogP contribution is -2.40. The van der Waals surface area contributed by atoms with Gasteiger partial charge in [0.2, 0.25) is 9.47 Å². The lowest BCUT2D eigenvalue weighted by atomic mass is 10.2. The summed E-state index contributed by atoms with van der Waals surface area (Å²) in [5, 5.41) is 7.24. The van der Waals surface area contributed by atoms with Gasteiger partial charge >= 0.3 is 0 Å². The molecule has 0 aromatic carbocycles. The number of likely N-dealkylation sites (N-methyl/N-ethyl adjacent to an activating group) is 1. The van der Waals surface area contributed by atoms with Crippen molar-refractivity contribution < 1.29 is 13.2 Å². The summed E-state index contributed by atoms with van der Waals surface area (Å²) in [5.74, 6) is 0. The van der Waals surface area contributed by atoms with E-state index in [4.69, 9.17) is 10.5 Å². The Balaban J connectivity index is 2.26. The largest absolute Gasteiger partial charge is 0.377 e. The number of aromatic nitrogens is 2. The molecular weight excluding hydrogens is 264 g/mol. The van der Waals surface area contributed by atoms with Crippen LogP contribution in [-0.2, 0) is 14.8 Å². The molecule has 1 aromatic rings. The molecule has 1 aliphatic heterocycles. The highest BCUT2D eigenvalue weighted by Gasteiger charge is 2.36. The normalized spacial score (nSPS) is 25.6. The lowest BCUT2D eigenvalue weighted by molar-refractivity contribution is 0.102. The Morgan fingerprint density at radius 2 is 2.24 bits per heavy atom. The van der Waals surface area contributed by atoms with E-state index in [1.807, 2.05) is 6.92 Å². The van der Waals surface area contributed by atoms with E-state index in [9.17, 15) is 8.42 Å². The zero-order valence-electron chi connectivity index (χ0n) is 9.53. The first-order valence-corrected chi connectivity index (χ1v) is 7.37. The second kappa shape index (κ2) is 4.48. The molecule has 0 amide bonds. The number of rotatable bonds is 3. The van der Waals surface area contributed by atoms with Crippen molar-refractivity contribution in [1.29, 1.82) is 0 Å². The molecule has 0 saturated carbocycles. The van der Waals surface area contributed by atoms with Crippen LogP contribution < -0.4 is 5.73 Å². The molecule has 1 saturated heterocycles. The zero-order chi connectivity index (χ0) is 12.6. The summed E-state index contributed by atoms with van der Waals surface area (Å²) in [6, 6.07) is -0.162. The van der Waals surface area contributed by atoms with Gasteiger partial charge in [-0.1, -0.05) is 11.3 Å². The third-order valence-electron chi connectivity index (χ3n) is 2.83. The predicted molar refractivity (Wildman–Crippen MR) is 63.1 cm³/mol. The molecule has 2 unspecified atom stereocenters. The molecular formula is C8H14N4O3S2. The smallest absolute Gasteiger partial charge is 0.272 e. The standard InChI is InChI=1S/C8H14N4O3S2/c1-5-6(3-4-15-5)12(2)17(13,14)8-11-10-7(9)16-8/h5-6H,3-4H2,1-2H3,(H2,9,10). The van der Waals surface area contributed by atoms with E-state index in [2.05, 4.69) is 10.2 Å². The number of hydrogen-bond donors (Lipinski definition) is 1. The van der Waals surface area contributed by atoms with Crippen molar-refractivity contribution in [2.45, 2.75) is 29.8 Å². The Labute approximate surface area is 104 Å². The minimum absolute atomic E-state index is 0.0726. The molecule has 9 heteroatoms. The van der Waals surface area contributed by atoms with Gasteiger partial charge in [0.15, 0.2) is 0 Å². The molecule has 1 aliphatic rings. The minimum atomic E-state index is -3.62. The van der Waals surface area contributed by atoms with Gasteiger partial charge in [-0.2, -0.15) is 4.31 Å². The zero-order valence-corrected chi connectivity index (χ0v) is 11.2. The number of nitrogen functional groups attached to an aromatic ring is 1. The first kappa shape index (κ1) is 12.7. The van der Waals surface area contributed by atoms with Gasteiger partial charge in [0.05, 0.1) is 12.1 Å². The van der Waals surface area contributed by atoms with Crippen molar-refractivity contribution in [1.82, 2.24) is 14.5 Å². The van der Waals surface area contributed by atoms with Crippen molar-refractivity contribution in [2.24, 2.45) is 0 Å².